The van der Waals surface area contributed by atoms with Crippen LogP contribution in [0.5, 0.6) is 0 Å². The highest BCUT2D eigenvalue weighted by atomic mass is 16.2. The van der Waals surface area contributed by atoms with Crippen LogP contribution in [-0.2, 0) is 12.8 Å². The molecule has 2 aromatic rings. The maximum absolute atomic E-state index is 13.0. The van der Waals surface area contributed by atoms with Crippen molar-refractivity contribution in [3.8, 4) is 5.69 Å². The Labute approximate surface area is 149 Å². The summed E-state index contributed by atoms with van der Waals surface area (Å²) < 4.78 is 1.93. The third kappa shape index (κ3) is 3.61. The number of hydrogen-bond acceptors (Lipinski definition) is 3. The Morgan fingerprint density at radius 1 is 1.32 bits per heavy atom. The third-order valence-electron chi connectivity index (χ3n) is 4.87. The molecule has 1 heterocycles. The fourth-order valence-corrected chi connectivity index (χ4v) is 3.82. The molecular formula is C20H28N4O. The van der Waals surface area contributed by atoms with Crippen molar-refractivity contribution in [2.24, 2.45) is 11.7 Å². The molecular weight excluding hydrogens is 312 g/mol. The highest BCUT2D eigenvalue weighted by Gasteiger charge is 2.31. The molecule has 5 heteroatoms. The Hall–Kier alpha value is -2.14. The molecule has 1 atom stereocenters. The molecule has 0 saturated heterocycles. The van der Waals surface area contributed by atoms with Gasteiger partial charge in [-0.25, -0.2) is 4.68 Å². The van der Waals surface area contributed by atoms with Gasteiger partial charge in [0.05, 0.1) is 11.2 Å². The molecule has 0 aliphatic heterocycles. The Morgan fingerprint density at radius 3 is 2.68 bits per heavy atom. The minimum absolute atomic E-state index is 0.110. The number of benzene rings is 1. The summed E-state index contributed by atoms with van der Waals surface area (Å²) in [5, 5.41) is 7.81. The predicted octanol–water partition coefficient (Wildman–Crippen LogP) is 2.85. The lowest BCUT2D eigenvalue weighted by molar-refractivity contribution is 0.0891. The van der Waals surface area contributed by atoms with Gasteiger partial charge in [-0.15, -0.1) is 0 Å². The number of hydrogen-bond donors (Lipinski definition) is 2. The van der Waals surface area contributed by atoms with E-state index in [1.165, 1.54) is 0 Å². The lowest BCUT2D eigenvalue weighted by Crippen LogP contribution is -2.52. The molecule has 5 nitrogen and oxygen atoms in total. The van der Waals surface area contributed by atoms with Gasteiger partial charge in [-0.1, -0.05) is 32.0 Å². The Bertz CT molecular complexity index is 751. The van der Waals surface area contributed by atoms with Crippen molar-refractivity contribution < 1.29 is 4.79 Å². The Kier molecular flexibility index (Phi) is 4.95. The van der Waals surface area contributed by atoms with Crippen molar-refractivity contribution in [2.45, 2.75) is 52.0 Å². The summed E-state index contributed by atoms with van der Waals surface area (Å²) in [6.45, 7) is 6.71. The van der Waals surface area contributed by atoms with E-state index in [-0.39, 0.29) is 5.91 Å². The van der Waals surface area contributed by atoms with Crippen molar-refractivity contribution in [3.63, 3.8) is 0 Å². The SMILES string of the molecule is CC(C)CC(C)(CN)NC(=O)c1nn(-c2ccccc2)c2c1CCC2. The number of aromatic nitrogens is 2. The molecule has 0 spiro atoms. The van der Waals surface area contributed by atoms with Crippen LogP contribution in [0.3, 0.4) is 0 Å². The van der Waals surface area contributed by atoms with E-state index in [9.17, 15) is 4.79 Å². The molecule has 1 aromatic heterocycles. The van der Waals surface area contributed by atoms with E-state index in [4.69, 9.17) is 5.73 Å². The number of nitrogens with zero attached hydrogens (tertiary/aromatic N) is 2. The van der Waals surface area contributed by atoms with E-state index < -0.39 is 5.54 Å². The lowest BCUT2D eigenvalue weighted by atomic mass is 9.90. The zero-order valence-corrected chi connectivity index (χ0v) is 15.4. The maximum Gasteiger partial charge on any atom is 0.272 e. The highest BCUT2D eigenvalue weighted by Crippen LogP contribution is 2.28. The normalized spacial score (nSPS) is 15.9. The van der Waals surface area contributed by atoms with Gasteiger partial charge in [0, 0.05) is 17.8 Å². The molecule has 0 radical (unpaired) electrons. The number of rotatable bonds is 6. The van der Waals surface area contributed by atoms with Crippen molar-refractivity contribution >= 4 is 5.91 Å². The summed E-state index contributed by atoms with van der Waals surface area (Å²) in [6.07, 6.45) is 3.79. The standard InChI is InChI=1S/C20H28N4O/c1-14(2)12-20(3,13-21)22-19(25)18-16-10-7-11-17(16)24(23-18)15-8-5-4-6-9-15/h4-6,8-9,14H,7,10-13,21H2,1-3H3,(H,22,25). The number of para-hydroxylation sites is 1. The van der Waals surface area contributed by atoms with Crippen LogP contribution in [-0.4, -0.2) is 27.8 Å². The van der Waals surface area contributed by atoms with Crippen LogP contribution in [0.4, 0.5) is 0 Å². The molecule has 134 valence electrons. The first-order valence-corrected chi connectivity index (χ1v) is 9.12. The van der Waals surface area contributed by atoms with Gasteiger partial charge < -0.3 is 11.1 Å². The van der Waals surface area contributed by atoms with Crippen LogP contribution in [0.25, 0.3) is 5.69 Å². The number of nitrogens with two attached hydrogens (primary N) is 1. The summed E-state index contributed by atoms with van der Waals surface area (Å²) in [7, 11) is 0. The van der Waals surface area contributed by atoms with Crippen molar-refractivity contribution in [2.75, 3.05) is 6.54 Å². The molecule has 1 aliphatic carbocycles. The number of nitrogens with one attached hydrogen (secondary N) is 1. The topological polar surface area (TPSA) is 72.9 Å². The van der Waals surface area contributed by atoms with Crippen LogP contribution in [0.15, 0.2) is 30.3 Å². The first-order valence-electron chi connectivity index (χ1n) is 9.12. The molecule has 0 bridgehead atoms. The summed E-state index contributed by atoms with van der Waals surface area (Å²) in [5.41, 5.74) is 9.35. The summed E-state index contributed by atoms with van der Waals surface area (Å²) >= 11 is 0. The zero-order chi connectivity index (χ0) is 18.0. The van der Waals surface area contributed by atoms with Gasteiger partial charge in [-0.3, -0.25) is 4.79 Å². The van der Waals surface area contributed by atoms with E-state index in [1.54, 1.807) is 0 Å². The maximum atomic E-state index is 13.0. The number of carbonyl (C=O) groups is 1. The highest BCUT2D eigenvalue weighted by molar-refractivity contribution is 5.94. The van der Waals surface area contributed by atoms with Gasteiger partial charge in [-0.2, -0.15) is 5.10 Å². The van der Waals surface area contributed by atoms with Gasteiger partial charge in [-0.05, 0) is 50.7 Å². The van der Waals surface area contributed by atoms with Gasteiger partial charge in [0.25, 0.3) is 5.91 Å². The molecule has 1 amide bonds. The fourth-order valence-electron chi connectivity index (χ4n) is 3.82. The average Bonchev–Trinajstić information content (AvgIpc) is 3.16. The molecule has 1 unspecified atom stereocenters. The summed E-state index contributed by atoms with van der Waals surface area (Å²) in [6, 6.07) is 10.0. The Morgan fingerprint density at radius 2 is 2.04 bits per heavy atom. The van der Waals surface area contributed by atoms with Crippen LogP contribution in [0.2, 0.25) is 0 Å². The summed E-state index contributed by atoms with van der Waals surface area (Å²) in [4.78, 5) is 13.0. The minimum atomic E-state index is -0.409. The van der Waals surface area contributed by atoms with Crippen LogP contribution in [0.1, 0.15) is 55.4 Å². The van der Waals surface area contributed by atoms with E-state index in [0.717, 1.165) is 42.6 Å². The van der Waals surface area contributed by atoms with Crippen LogP contribution < -0.4 is 11.1 Å². The summed E-state index contributed by atoms with van der Waals surface area (Å²) in [5.74, 6) is 0.350. The van der Waals surface area contributed by atoms with Gasteiger partial charge >= 0.3 is 0 Å². The first kappa shape index (κ1) is 17.7. The van der Waals surface area contributed by atoms with E-state index in [1.807, 2.05) is 41.9 Å². The second-order valence-corrected chi connectivity index (χ2v) is 7.69. The number of carbonyl (C=O) groups excluding carboxylic acids is 1. The van der Waals surface area contributed by atoms with Crippen LogP contribution >= 0.6 is 0 Å². The number of fused-ring (bicyclic) bond motifs is 1. The minimum Gasteiger partial charge on any atom is -0.344 e. The largest absolute Gasteiger partial charge is 0.344 e. The van der Waals surface area contributed by atoms with E-state index in [0.29, 0.717) is 18.2 Å². The third-order valence-corrected chi connectivity index (χ3v) is 4.87. The molecule has 25 heavy (non-hydrogen) atoms. The smallest absolute Gasteiger partial charge is 0.272 e. The van der Waals surface area contributed by atoms with Crippen molar-refractivity contribution in [1.82, 2.24) is 15.1 Å². The monoisotopic (exact) mass is 340 g/mol. The lowest BCUT2D eigenvalue weighted by Gasteiger charge is -2.31. The van der Waals surface area contributed by atoms with Gasteiger partial charge in [0.15, 0.2) is 5.69 Å². The van der Waals surface area contributed by atoms with Crippen molar-refractivity contribution in [3.05, 3.63) is 47.3 Å². The fraction of sp³-hybridized carbons (Fsp3) is 0.500. The molecule has 0 saturated carbocycles. The number of amides is 1. The van der Waals surface area contributed by atoms with E-state index >= 15 is 0 Å². The quantitative estimate of drug-likeness (QED) is 0.849. The first-order chi connectivity index (χ1) is 11.9. The molecule has 1 aromatic carbocycles. The second-order valence-electron chi connectivity index (χ2n) is 7.69. The Balaban J connectivity index is 1.92. The average molecular weight is 340 g/mol. The molecule has 3 N–H and O–H groups in total. The zero-order valence-electron chi connectivity index (χ0n) is 15.4. The van der Waals surface area contributed by atoms with Gasteiger partial charge in [0.1, 0.15) is 0 Å². The predicted molar refractivity (Wildman–Crippen MR) is 100.0 cm³/mol. The molecule has 0 fully saturated rings. The van der Waals surface area contributed by atoms with E-state index in [2.05, 4.69) is 24.3 Å². The van der Waals surface area contributed by atoms with Crippen LogP contribution in [0, 0.1) is 5.92 Å². The molecule has 3 rings (SSSR count). The van der Waals surface area contributed by atoms with Gasteiger partial charge in [0.2, 0.25) is 0 Å². The second kappa shape index (κ2) is 7.00. The molecule has 1 aliphatic rings. The van der Waals surface area contributed by atoms with Crippen molar-refractivity contribution in [1.29, 1.82) is 0 Å².